The van der Waals surface area contributed by atoms with Crippen molar-refractivity contribution in [1.29, 1.82) is 0 Å². The van der Waals surface area contributed by atoms with Crippen molar-refractivity contribution >= 4 is 28.9 Å². The molecule has 1 unspecified atom stereocenters. The van der Waals surface area contributed by atoms with Crippen molar-refractivity contribution in [2.45, 2.75) is 26.3 Å². The fraction of sp³-hybridized carbons (Fsp3) is 0.250. The molecule has 0 saturated heterocycles. The first-order valence-electron chi connectivity index (χ1n) is 6.37. The summed E-state index contributed by atoms with van der Waals surface area (Å²) in [7, 11) is 0. The lowest BCUT2D eigenvalue weighted by atomic mass is 10.0. The zero-order valence-corrected chi connectivity index (χ0v) is 12.6. The minimum atomic E-state index is 0.259. The zero-order valence-electron chi connectivity index (χ0n) is 11.1. The summed E-state index contributed by atoms with van der Waals surface area (Å²) in [6.45, 7) is 4.25. The Kier molecular flexibility index (Phi) is 4.73. The molecule has 3 heteroatoms. The minimum absolute atomic E-state index is 0.259. The van der Waals surface area contributed by atoms with E-state index in [0.717, 1.165) is 12.1 Å². The van der Waals surface area contributed by atoms with E-state index in [1.54, 1.807) is 6.07 Å². The van der Waals surface area contributed by atoms with Gasteiger partial charge in [0.2, 0.25) is 0 Å². The van der Waals surface area contributed by atoms with Crippen LogP contribution in [0.5, 0.6) is 0 Å². The van der Waals surface area contributed by atoms with Gasteiger partial charge in [-0.3, -0.25) is 0 Å². The molecule has 2 aromatic rings. The highest BCUT2D eigenvalue weighted by Crippen LogP contribution is 2.27. The second-order valence-corrected chi connectivity index (χ2v) is 5.55. The molecule has 0 aromatic heterocycles. The molecule has 0 fully saturated rings. The van der Waals surface area contributed by atoms with E-state index in [4.69, 9.17) is 23.2 Å². The van der Waals surface area contributed by atoms with Crippen LogP contribution in [0.2, 0.25) is 10.0 Å². The molecule has 1 nitrogen and oxygen atoms in total. The maximum Gasteiger partial charge on any atom is 0.0511 e. The quantitative estimate of drug-likeness (QED) is 0.744. The molecule has 0 heterocycles. The van der Waals surface area contributed by atoms with E-state index >= 15 is 0 Å². The van der Waals surface area contributed by atoms with Crippen LogP contribution < -0.4 is 5.32 Å². The molecule has 2 aromatic carbocycles. The molecule has 1 atom stereocenters. The van der Waals surface area contributed by atoms with Gasteiger partial charge in [-0.15, -0.1) is 0 Å². The topological polar surface area (TPSA) is 12.0 Å². The van der Waals surface area contributed by atoms with Gasteiger partial charge in [0, 0.05) is 15.7 Å². The predicted molar refractivity (Wildman–Crippen MR) is 84.3 cm³/mol. The normalized spacial score (nSPS) is 12.2. The number of hydrogen-bond donors (Lipinski definition) is 1. The van der Waals surface area contributed by atoms with Crippen molar-refractivity contribution in [1.82, 2.24) is 0 Å². The van der Waals surface area contributed by atoms with Crippen LogP contribution >= 0.6 is 23.2 Å². The number of rotatable bonds is 4. The summed E-state index contributed by atoms with van der Waals surface area (Å²) in [6, 6.07) is 14.4. The van der Waals surface area contributed by atoms with Gasteiger partial charge < -0.3 is 5.32 Å². The Morgan fingerprint density at radius 2 is 1.58 bits per heavy atom. The predicted octanol–water partition coefficient (Wildman–Crippen LogP) is 5.87. The second-order valence-electron chi connectivity index (χ2n) is 4.67. The third-order valence-electron chi connectivity index (χ3n) is 3.09. The Hall–Kier alpha value is -1.18. The van der Waals surface area contributed by atoms with Crippen molar-refractivity contribution in [3.63, 3.8) is 0 Å². The van der Waals surface area contributed by atoms with Gasteiger partial charge in [0.15, 0.2) is 0 Å². The van der Waals surface area contributed by atoms with Crippen molar-refractivity contribution in [2.75, 3.05) is 5.32 Å². The van der Waals surface area contributed by atoms with Crippen molar-refractivity contribution in [3.8, 4) is 0 Å². The molecular weight excluding hydrogens is 277 g/mol. The first-order valence-corrected chi connectivity index (χ1v) is 7.13. The summed E-state index contributed by atoms with van der Waals surface area (Å²) < 4.78 is 0. The van der Waals surface area contributed by atoms with Gasteiger partial charge >= 0.3 is 0 Å². The molecule has 1 N–H and O–H groups in total. The molecule has 19 heavy (non-hydrogen) atoms. The Bertz CT molecular complexity index is 529. The van der Waals surface area contributed by atoms with E-state index in [0.29, 0.717) is 10.0 Å². The molecule has 0 bridgehead atoms. The first kappa shape index (κ1) is 14.2. The Balaban J connectivity index is 2.21. The molecule has 0 radical (unpaired) electrons. The molecule has 0 aliphatic rings. The Labute approximate surface area is 124 Å². The van der Waals surface area contributed by atoms with Crippen LogP contribution in [0.3, 0.4) is 0 Å². The number of hydrogen-bond acceptors (Lipinski definition) is 1. The smallest absolute Gasteiger partial charge is 0.0511 e. The molecule has 0 amide bonds. The molecule has 0 aliphatic carbocycles. The van der Waals surface area contributed by atoms with Crippen molar-refractivity contribution in [2.24, 2.45) is 0 Å². The molecule has 0 aliphatic heterocycles. The summed E-state index contributed by atoms with van der Waals surface area (Å²) in [5.41, 5.74) is 3.48. The standard InChI is InChI=1S/C16H17Cl2N/c1-3-16(12-6-4-11(2)5-7-12)19-15-9-13(17)8-14(18)10-15/h4-10,16,19H,3H2,1-2H3. The average Bonchev–Trinajstić information content (AvgIpc) is 2.36. The van der Waals surface area contributed by atoms with Gasteiger partial charge in [-0.2, -0.15) is 0 Å². The number of benzene rings is 2. The minimum Gasteiger partial charge on any atom is -0.378 e. The van der Waals surface area contributed by atoms with Gasteiger partial charge in [0.25, 0.3) is 0 Å². The highest BCUT2D eigenvalue weighted by Gasteiger charge is 2.09. The first-order chi connectivity index (χ1) is 9.08. The SMILES string of the molecule is CCC(Nc1cc(Cl)cc(Cl)c1)c1ccc(C)cc1. The van der Waals surface area contributed by atoms with Crippen LogP contribution in [-0.2, 0) is 0 Å². The summed E-state index contributed by atoms with van der Waals surface area (Å²) in [6.07, 6.45) is 0.993. The van der Waals surface area contributed by atoms with E-state index < -0.39 is 0 Å². The van der Waals surface area contributed by atoms with Crippen LogP contribution in [-0.4, -0.2) is 0 Å². The molecule has 0 saturated carbocycles. The highest BCUT2D eigenvalue weighted by atomic mass is 35.5. The third kappa shape index (κ3) is 3.89. The van der Waals surface area contributed by atoms with E-state index in [2.05, 4.69) is 43.4 Å². The largest absolute Gasteiger partial charge is 0.378 e. The van der Waals surface area contributed by atoms with Crippen molar-refractivity contribution in [3.05, 3.63) is 63.6 Å². The van der Waals surface area contributed by atoms with Crippen LogP contribution in [0.1, 0.15) is 30.5 Å². The van der Waals surface area contributed by atoms with Crippen LogP contribution in [0.4, 0.5) is 5.69 Å². The molecule has 100 valence electrons. The van der Waals surface area contributed by atoms with Gasteiger partial charge in [0.1, 0.15) is 0 Å². The molecule has 2 rings (SSSR count). The van der Waals surface area contributed by atoms with Crippen LogP contribution in [0, 0.1) is 6.92 Å². The van der Waals surface area contributed by atoms with E-state index in [1.165, 1.54) is 11.1 Å². The molecule has 0 spiro atoms. The van der Waals surface area contributed by atoms with E-state index in [1.807, 2.05) is 12.1 Å². The lowest BCUT2D eigenvalue weighted by Crippen LogP contribution is -2.09. The Morgan fingerprint density at radius 1 is 1.00 bits per heavy atom. The fourth-order valence-electron chi connectivity index (χ4n) is 2.06. The monoisotopic (exact) mass is 293 g/mol. The van der Waals surface area contributed by atoms with E-state index in [-0.39, 0.29) is 6.04 Å². The van der Waals surface area contributed by atoms with Gasteiger partial charge in [-0.25, -0.2) is 0 Å². The fourth-order valence-corrected chi connectivity index (χ4v) is 2.58. The number of halogens is 2. The highest BCUT2D eigenvalue weighted by molar-refractivity contribution is 6.35. The number of aryl methyl sites for hydroxylation is 1. The summed E-state index contributed by atoms with van der Waals surface area (Å²) in [5, 5.41) is 4.77. The van der Waals surface area contributed by atoms with Crippen molar-refractivity contribution < 1.29 is 0 Å². The zero-order chi connectivity index (χ0) is 13.8. The lowest BCUT2D eigenvalue weighted by Gasteiger charge is -2.19. The van der Waals surface area contributed by atoms with Crippen LogP contribution in [0.25, 0.3) is 0 Å². The summed E-state index contributed by atoms with van der Waals surface area (Å²) in [4.78, 5) is 0. The molecular formula is C16H17Cl2N. The van der Waals surface area contributed by atoms with E-state index in [9.17, 15) is 0 Å². The maximum absolute atomic E-state index is 6.02. The Morgan fingerprint density at radius 3 is 2.11 bits per heavy atom. The van der Waals surface area contributed by atoms with Gasteiger partial charge in [0.05, 0.1) is 6.04 Å². The lowest BCUT2D eigenvalue weighted by molar-refractivity contribution is 0.749. The second kappa shape index (κ2) is 6.31. The van der Waals surface area contributed by atoms with Gasteiger partial charge in [-0.05, 0) is 37.1 Å². The maximum atomic E-state index is 6.02. The number of anilines is 1. The number of nitrogens with one attached hydrogen (secondary N) is 1. The summed E-state index contributed by atoms with van der Waals surface area (Å²) in [5.74, 6) is 0. The van der Waals surface area contributed by atoms with Gasteiger partial charge in [-0.1, -0.05) is 60.0 Å². The third-order valence-corrected chi connectivity index (χ3v) is 3.53. The average molecular weight is 294 g/mol. The summed E-state index contributed by atoms with van der Waals surface area (Å²) >= 11 is 12.0. The van der Waals surface area contributed by atoms with Crippen LogP contribution in [0.15, 0.2) is 42.5 Å².